The second kappa shape index (κ2) is 4.09. The van der Waals surface area contributed by atoms with Gasteiger partial charge < -0.3 is 0 Å². The molecule has 0 unspecified atom stereocenters. The molecule has 1 aliphatic rings. The van der Waals surface area contributed by atoms with Crippen molar-refractivity contribution >= 4 is 13.9 Å². The number of ketones is 1. The summed E-state index contributed by atoms with van der Waals surface area (Å²) >= 11 is 0. The first-order valence-electron chi connectivity index (χ1n) is 6.41. The van der Waals surface area contributed by atoms with Crippen LogP contribution in [0.4, 0.5) is 0 Å². The summed E-state index contributed by atoms with van der Waals surface area (Å²) in [6.07, 6.45) is 1.04. The third-order valence-electron chi connectivity index (χ3n) is 3.77. The highest BCUT2D eigenvalue weighted by Crippen LogP contribution is 2.60. The fourth-order valence-corrected chi connectivity index (χ4v) is 3.90. The van der Waals surface area contributed by atoms with Crippen LogP contribution in [0.3, 0.4) is 0 Å². The predicted molar refractivity (Wildman–Crippen MR) is 75.1 cm³/mol. The maximum atomic E-state index is 12.4. The van der Waals surface area contributed by atoms with Crippen molar-refractivity contribution in [3.63, 3.8) is 0 Å². The van der Waals surface area contributed by atoms with E-state index < -0.39 is 8.07 Å². The van der Waals surface area contributed by atoms with E-state index in [-0.39, 0.29) is 5.41 Å². The van der Waals surface area contributed by atoms with E-state index in [0.29, 0.717) is 11.7 Å². The molecule has 0 amide bonds. The summed E-state index contributed by atoms with van der Waals surface area (Å²) in [6, 6.07) is 11.3. The largest absolute Gasteiger partial charge is 0.299 e. The lowest BCUT2D eigenvalue weighted by atomic mass is 9.97. The molecular weight excluding hydrogens is 224 g/mol. The molecule has 1 aliphatic carbocycles. The SMILES string of the molecule is C[C@]1(C(=O)C[Si](C)(C)C)C[C@@H]1c1ccccc1. The summed E-state index contributed by atoms with van der Waals surface area (Å²) in [7, 11) is -1.27. The van der Waals surface area contributed by atoms with Crippen molar-refractivity contribution in [2.75, 3.05) is 0 Å². The van der Waals surface area contributed by atoms with E-state index in [1.807, 2.05) is 6.07 Å². The van der Waals surface area contributed by atoms with Gasteiger partial charge in [0, 0.05) is 11.5 Å². The third kappa shape index (κ3) is 2.68. The minimum absolute atomic E-state index is 0.0678. The van der Waals surface area contributed by atoms with Gasteiger partial charge in [0.15, 0.2) is 0 Å². The Labute approximate surface area is 105 Å². The van der Waals surface area contributed by atoms with Crippen LogP contribution in [0.2, 0.25) is 25.7 Å². The van der Waals surface area contributed by atoms with E-state index >= 15 is 0 Å². The number of hydrogen-bond acceptors (Lipinski definition) is 1. The summed E-state index contributed by atoms with van der Waals surface area (Å²) in [5, 5.41) is 0. The summed E-state index contributed by atoms with van der Waals surface area (Å²) in [4.78, 5) is 12.4. The van der Waals surface area contributed by atoms with Crippen molar-refractivity contribution in [3.8, 4) is 0 Å². The Morgan fingerprint density at radius 2 is 1.88 bits per heavy atom. The van der Waals surface area contributed by atoms with Crippen LogP contribution in [0.15, 0.2) is 30.3 Å². The van der Waals surface area contributed by atoms with Crippen LogP contribution in [0.25, 0.3) is 0 Å². The molecule has 17 heavy (non-hydrogen) atoms. The molecule has 1 aromatic carbocycles. The number of hydrogen-bond donors (Lipinski definition) is 0. The first-order chi connectivity index (χ1) is 7.83. The summed E-state index contributed by atoms with van der Waals surface area (Å²) < 4.78 is 0. The molecule has 0 heterocycles. The van der Waals surface area contributed by atoms with Crippen LogP contribution in [-0.2, 0) is 4.79 Å². The van der Waals surface area contributed by atoms with E-state index in [9.17, 15) is 4.79 Å². The van der Waals surface area contributed by atoms with Gasteiger partial charge in [-0.15, -0.1) is 0 Å². The molecule has 0 bridgehead atoms. The average molecular weight is 246 g/mol. The number of carbonyl (C=O) groups is 1. The molecule has 0 aliphatic heterocycles. The zero-order valence-corrected chi connectivity index (χ0v) is 12.3. The van der Waals surface area contributed by atoms with E-state index in [2.05, 4.69) is 50.8 Å². The van der Waals surface area contributed by atoms with E-state index in [4.69, 9.17) is 0 Å². The summed E-state index contributed by atoms with van der Waals surface area (Å²) in [6.45, 7) is 8.96. The summed E-state index contributed by atoms with van der Waals surface area (Å²) in [5.74, 6) is 0.957. The minimum Gasteiger partial charge on any atom is -0.299 e. The molecule has 0 radical (unpaired) electrons. The molecule has 92 valence electrons. The van der Waals surface area contributed by atoms with Gasteiger partial charge in [-0.3, -0.25) is 4.79 Å². The molecule has 2 rings (SSSR count). The second-order valence-electron chi connectivity index (χ2n) is 6.75. The van der Waals surface area contributed by atoms with Crippen molar-refractivity contribution in [1.29, 1.82) is 0 Å². The molecule has 0 spiro atoms. The second-order valence-corrected chi connectivity index (χ2v) is 12.2. The Kier molecular flexibility index (Phi) is 3.02. The molecule has 2 heteroatoms. The molecular formula is C15H22OSi. The Bertz CT molecular complexity index is 418. The van der Waals surface area contributed by atoms with Crippen LogP contribution < -0.4 is 0 Å². The Balaban J connectivity index is 2.07. The maximum absolute atomic E-state index is 12.4. The van der Waals surface area contributed by atoms with Gasteiger partial charge in [0.25, 0.3) is 0 Å². The smallest absolute Gasteiger partial charge is 0.136 e. The molecule has 2 atom stereocenters. The van der Waals surface area contributed by atoms with E-state index in [1.54, 1.807) is 0 Å². The third-order valence-corrected chi connectivity index (χ3v) is 5.15. The van der Waals surface area contributed by atoms with Gasteiger partial charge in [-0.05, 0) is 17.9 Å². The molecule has 1 aromatic rings. The Morgan fingerprint density at radius 1 is 1.29 bits per heavy atom. The zero-order valence-electron chi connectivity index (χ0n) is 11.3. The first kappa shape index (κ1) is 12.6. The number of benzene rings is 1. The zero-order chi connectivity index (χ0) is 12.7. The highest BCUT2D eigenvalue weighted by Gasteiger charge is 2.56. The monoisotopic (exact) mass is 246 g/mol. The standard InChI is InChI=1S/C15H22OSi/c1-15(14(16)11-17(2,3)4)10-13(15)12-8-6-5-7-9-12/h5-9,13H,10-11H2,1-4H3/t13-,15+/m1/s1. The fraction of sp³-hybridized carbons (Fsp3) is 0.533. The molecule has 1 saturated carbocycles. The lowest BCUT2D eigenvalue weighted by molar-refractivity contribution is -0.121. The topological polar surface area (TPSA) is 17.1 Å². The summed E-state index contributed by atoms with van der Waals surface area (Å²) in [5.41, 5.74) is 1.26. The number of rotatable bonds is 4. The molecule has 0 aromatic heterocycles. The van der Waals surface area contributed by atoms with Crippen LogP contribution in [-0.4, -0.2) is 13.9 Å². The molecule has 1 nitrogen and oxygen atoms in total. The van der Waals surface area contributed by atoms with Crippen molar-refractivity contribution in [1.82, 2.24) is 0 Å². The molecule has 0 N–H and O–H groups in total. The maximum Gasteiger partial charge on any atom is 0.136 e. The van der Waals surface area contributed by atoms with Gasteiger partial charge in [-0.1, -0.05) is 56.9 Å². The highest BCUT2D eigenvalue weighted by molar-refractivity contribution is 6.78. The molecule has 1 fully saturated rings. The van der Waals surface area contributed by atoms with Crippen molar-refractivity contribution in [2.24, 2.45) is 5.41 Å². The van der Waals surface area contributed by atoms with E-state index in [1.165, 1.54) is 5.56 Å². The van der Waals surface area contributed by atoms with Crippen molar-refractivity contribution in [3.05, 3.63) is 35.9 Å². The Morgan fingerprint density at radius 3 is 2.41 bits per heavy atom. The number of Topliss-reactive ketones (excluding diaryl/α,β-unsaturated/α-hetero) is 1. The fourth-order valence-electron chi connectivity index (χ4n) is 2.53. The van der Waals surface area contributed by atoms with Gasteiger partial charge in [-0.2, -0.15) is 0 Å². The van der Waals surface area contributed by atoms with E-state index in [0.717, 1.165) is 12.5 Å². The minimum atomic E-state index is -1.27. The normalized spacial score (nSPS) is 27.9. The van der Waals surface area contributed by atoms with Crippen LogP contribution in [0, 0.1) is 5.41 Å². The van der Waals surface area contributed by atoms with Crippen molar-refractivity contribution < 1.29 is 4.79 Å². The van der Waals surface area contributed by atoms with Gasteiger partial charge in [0.1, 0.15) is 5.78 Å². The van der Waals surface area contributed by atoms with Gasteiger partial charge >= 0.3 is 0 Å². The lowest BCUT2D eigenvalue weighted by Crippen LogP contribution is -2.28. The van der Waals surface area contributed by atoms with Gasteiger partial charge in [0.05, 0.1) is 8.07 Å². The highest BCUT2D eigenvalue weighted by atomic mass is 28.3. The first-order valence-corrected chi connectivity index (χ1v) is 10.1. The van der Waals surface area contributed by atoms with Crippen LogP contribution in [0.1, 0.15) is 24.8 Å². The average Bonchev–Trinajstić information content (AvgIpc) is 2.91. The quantitative estimate of drug-likeness (QED) is 0.731. The Hall–Kier alpha value is -0.893. The predicted octanol–water partition coefficient (Wildman–Crippen LogP) is 4.09. The van der Waals surface area contributed by atoms with Crippen LogP contribution >= 0.6 is 0 Å². The lowest BCUT2D eigenvalue weighted by Gasteiger charge is -2.18. The van der Waals surface area contributed by atoms with Gasteiger partial charge in [0.2, 0.25) is 0 Å². The van der Waals surface area contributed by atoms with Crippen molar-refractivity contribution in [2.45, 2.75) is 44.9 Å². The van der Waals surface area contributed by atoms with Crippen LogP contribution in [0.5, 0.6) is 0 Å². The van der Waals surface area contributed by atoms with Gasteiger partial charge in [-0.25, -0.2) is 0 Å². The number of carbonyl (C=O) groups excluding carboxylic acids is 1. The molecule has 0 saturated heterocycles.